The number of nitrogens with one attached hydrogen (secondary N) is 3. The molecule has 2 aromatic carbocycles. The molecule has 3 aromatic rings. The predicted molar refractivity (Wildman–Crippen MR) is 159 cm³/mol. The number of pyridine rings is 1. The number of hydrazine groups is 1. The molecule has 9 heteroatoms. The molecule has 1 aromatic heterocycles. The van der Waals surface area contributed by atoms with Crippen LogP contribution in [0, 0.1) is 11.8 Å². The summed E-state index contributed by atoms with van der Waals surface area (Å²) in [5.41, 5.74) is 4.36. The number of rotatable bonds is 11. The molecule has 0 aliphatic heterocycles. The van der Waals surface area contributed by atoms with Crippen molar-refractivity contribution in [2.45, 2.75) is 40.5 Å². The highest BCUT2D eigenvalue weighted by Crippen LogP contribution is 2.19. The van der Waals surface area contributed by atoms with Gasteiger partial charge in [-0.2, -0.15) is 0 Å². The molecule has 5 N–H and O–H groups in total. The molecule has 0 radical (unpaired) electrons. The Morgan fingerprint density at radius 1 is 0.789 bits per heavy atom. The van der Waals surface area contributed by atoms with Crippen molar-refractivity contribution >= 4 is 34.6 Å². The number of nitrogens with two attached hydrogens (primary N) is 1. The zero-order valence-corrected chi connectivity index (χ0v) is 23.4. The van der Waals surface area contributed by atoms with Crippen molar-refractivity contribution in [3.8, 4) is 11.5 Å². The predicted octanol–water partition coefficient (Wildman–Crippen LogP) is 6.03. The molecule has 0 fully saturated rings. The first-order valence-electron chi connectivity index (χ1n) is 12.7. The highest BCUT2D eigenvalue weighted by Gasteiger charge is 2.03. The molecule has 1 heterocycles. The van der Waals surface area contributed by atoms with Crippen molar-refractivity contribution < 1.29 is 14.3 Å². The van der Waals surface area contributed by atoms with E-state index in [2.05, 4.69) is 43.3 Å². The van der Waals surface area contributed by atoms with E-state index in [4.69, 9.17) is 27.5 Å². The van der Waals surface area contributed by atoms with Gasteiger partial charge in [-0.1, -0.05) is 27.7 Å². The third-order valence-corrected chi connectivity index (χ3v) is 5.43. The summed E-state index contributed by atoms with van der Waals surface area (Å²) >= 11 is 5.40. The number of carbonyl (C=O) groups is 1. The van der Waals surface area contributed by atoms with Gasteiger partial charge in [0.15, 0.2) is 5.11 Å². The maximum atomic E-state index is 10.7. The van der Waals surface area contributed by atoms with E-state index in [9.17, 15) is 4.79 Å². The Labute approximate surface area is 231 Å². The van der Waals surface area contributed by atoms with Crippen LogP contribution in [-0.2, 0) is 0 Å². The first kappa shape index (κ1) is 30.5. The molecule has 0 unspecified atom stereocenters. The zero-order chi connectivity index (χ0) is 27.8. The summed E-state index contributed by atoms with van der Waals surface area (Å²) in [5, 5.41) is 6.92. The number of thiocarbonyl (C=S) groups is 1. The van der Waals surface area contributed by atoms with Crippen LogP contribution >= 0.6 is 12.2 Å². The molecule has 38 heavy (non-hydrogen) atoms. The van der Waals surface area contributed by atoms with Crippen molar-refractivity contribution in [1.82, 2.24) is 10.4 Å². The Morgan fingerprint density at radius 2 is 1.21 bits per heavy atom. The number of hydrogen-bond acceptors (Lipinski definition) is 6. The minimum absolute atomic E-state index is 0.303. The number of amides is 1. The number of nitrogens with zero attached hydrogens (tertiary/aromatic N) is 1. The molecular weight excluding hydrogens is 498 g/mol. The van der Waals surface area contributed by atoms with Crippen molar-refractivity contribution in [2.75, 3.05) is 23.8 Å². The number of nitrogen functional groups attached to an aromatic ring is 1. The first-order valence-corrected chi connectivity index (χ1v) is 13.1. The minimum atomic E-state index is -0.303. The average molecular weight is 538 g/mol. The standard InChI is InChI=1S/C23H32N2O2S.C6H7N3O/c1-17(2)13-15-26-21-9-5-19(6-10-21)24-23(28)25-20-7-11-22(12-8-20)27-16-14-18(3)4;7-9-6(10)5-1-3-8-4-2-5/h5-12,17-18H,13-16H2,1-4H3,(H2,24,25,28);1-4H,7H2,(H,9,10). The third kappa shape index (κ3) is 12.5. The van der Waals surface area contributed by atoms with E-state index < -0.39 is 0 Å². The van der Waals surface area contributed by atoms with E-state index in [1.54, 1.807) is 12.1 Å². The lowest BCUT2D eigenvalue weighted by Crippen LogP contribution is -2.29. The zero-order valence-electron chi connectivity index (χ0n) is 22.6. The van der Waals surface area contributed by atoms with Crippen molar-refractivity contribution in [3.63, 3.8) is 0 Å². The van der Waals surface area contributed by atoms with E-state index in [0.29, 0.717) is 22.5 Å². The van der Waals surface area contributed by atoms with Crippen molar-refractivity contribution in [1.29, 1.82) is 0 Å². The van der Waals surface area contributed by atoms with Gasteiger partial charge < -0.3 is 20.1 Å². The van der Waals surface area contributed by atoms with Crippen LogP contribution in [0.3, 0.4) is 0 Å². The van der Waals surface area contributed by atoms with Gasteiger partial charge in [-0.3, -0.25) is 15.2 Å². The SMILES string of the molecule is CC(C)CCOc1ccc(NC(=S)Nc2ccc(OCCC(C)C)cc2)cc1.NNC(=O)c1ccncc1. The minimum Gasteiger partial charge on any atom is -0.494 e. The van der Waals surface area contributed by atoms with Crippen LogP contribution in [0.15, 0.2) is 73.1 Å². The lowest BCUT2D eigenvalue weighted by molar-refractivity contribution is 0.0953. The lowest BCUT2D eigenvalue weighted by Gasteiger charge is -2.13. The molecule has 0 aliphatic rings. The van der Waals surface area contributed by atoms with Gasteiger partial charge in [0.25, 0.3) is 5.91 Å². The van der Waals surface area contributed by atoms with Crippen LogP contribution in [0.5, 0.6) is 11.5 Å². The van der Waals surface area contributed by atoms with Crippen LogP contribution in [0.1, 0.15) is 50.9 Å². The fourth-order valence-corrected chi connectivity index (χ4v) is 3.21. The average Bonchev–Trinajstić information content (AvgIpc) is 2.90. The van der Waals surface area contributed by atoms with E-state index in [1.807, 2.05) is 54.0 Å². The van der Waals surface area contributed by atoms with Gasteiger partial charge in [-0.25, -0.2) is 5.84 Å². The quantitative estimate of drug-likeness (QED) is 0.102. The number of aromatic nitrogens is 1. The molecule has 0 saturated carbocycles. The summed E-state index contributed by atoms with van der Waals surface area (Å²) in [4.78, 5) is 14.5. The number of ether oxygens (including phenoxy) is 2. The van der Waals surface area contributed by atoms with Gasteiger partial charge in [0, 0.05) is 29.3 Å². The van der Waals surface area contributed by atoms with Gasteiger partial charge in [0.1, 0.15) is 11.5 Å². The summed E-state index contributed by atoms with van der Waals surface area (Å²) in [7, 11) is 0. The summed E-state index contributed by atoms with van der Waals surface area (Å²) in [6.07, 6.45) is 5.17. The first-order chi connectivity index (χ1) is 18.3. The molecule has 0 spiro atoms. The molecule has 0 atom stereocenters. The van der Waals surface area contributed by atoms with Crippen LogP contribution < -0.4 is 31.4 Å². The second kappa shape index (κ2) is 16.9. The Hall–Kier alpha value is -3.69. The summed E-state index contributed by atoms with van der Waals surface area (Å²) in [6.45, 7) is 10.2. The van der Waals surface area contributed by atoms with E-state index in [0.717, 1.165) is 48.9 Å². The maximum Gasteiger partial charge on any atom is 0.265 e. The molecule has 1 amide bonds. The van der Waals surface area contributed by atoms with Crippen molar-refractivity contribution in [2.24, 2.45) is 17.7 Å². The second-order valence-corrected chi connectivity index (χ2v) is 9.81. The topological polar surface area (TPSA) is 111 Å². The number of benzene rings is 2. The van der Waals surface area contributed by atoms with E-state index in [-0.39, 0.29) is 5.91 Å². The molecule has 0 bridgehead atoms. The normalized spacial score (nSPS) is 10.3. The summed E-state index contributed by atoms with van der Waals surface area (Å²) in [5.74, 6) is 7.61. The Bertz CT molecular complexity index is 1030. The number of carbonyl (C=O) groups excluding carboxylic acids is 1. The molecule has 8 nitrogen and oxygen atoms in total. The summed E-state index contributed by atoms with van der Waals surface area (Å²) < 4.78 is 11.5. The van der Waals surface area contributed by atoms with E-state index >= 15 is 0 Å². The monoisotopic (exact) mass is 537 g/mol. The van der Waals surface area contributed by atoms with Crippen molar-refractivity contribution in [3.05, 3.63) is 78.6 Å². The van der Waals surface area contributed by atoms with Crippen LogP contribution in [0.2, 0.25) is 0 Å². The largest absolute Gasteiger partial charge is 0.494 e. The van der Waals surface area contributed by atoms with Crippen LogP contribution in [0.4, 0.5) is 11.4 Å². The van der Waals surface area contributed by atoms with Gasteiger partial charge in [0.05, 0.1) is 13.2 Å². The summed E-state index contributed by atoms with van der Waals surface area (Å²) in [6, 6.07) is 18.8. The third-order valence-electron chi connectivity index (χ3n) is 5.23. The molecule has 204 valence electrons. The van der Waals surface area contributed by atoms with Crippen LogP contribution in [0.25, 0.3) is 0 Å². The fourth-order valence-electron chi connectivity index (χ4n) is 2.97. The van der Waals surface area contributed by atoms with Gasteiger partial charge in [-0.05, 0) is 97.6 Å². The Morgan fingerprint density at radius 3 is 1.58 bits per heavy atom. The maximum absolute atomic E-state index is 10.7. The van der Waals surface area contributed by atoms with Gasteiger partial charge in [-0.15, -0.1) is 0 Å². The smallest absolute Gasteiger partial charge is 0.265 e. The second-order valence-electron chi connectivity index (χ2n) is 9.40. The Balaban J connectivity index is 0.000000423. The highest BCUT2D eigenvalue weighted by atomic mass is 32.1. The Kier molecular flexibility index (Phi) is 13.6. The lowest BCUT2D eigenvalue weighted by atomic mass is 10.1. The van der Waals surface area contributed by atoms with Gasteiger partial charge >= 0.3 is 0 Å². The molecule has 3 rings (SSSR count). The van der Waals surface area contributed by atoms with Gasteiger partial charge in [0.2, 0.25) is 0 Å². The molecular formula is C29H39N5O3S. The number of anilines is 2. The van der Waals surface area contributed by atoms with E-state index in [1.165, 1.54) is 12.4 Å². The van der Waals surface area contributed by atoms with Crippen LogP contribution in [-0.4, -0.2) is 29.2 Å². The highest BCUT2D eigenvalue weighted by molar-refractivity contribution is 7.80. The fraction of sp³-hybridized carbons (Fsp3) is 0.345. The number of hydrogen-bond donors (Lipinski definition) is 4. The molecule has 0 aliphatic carbocycles. The molecule has 0 saturated heterocycles.